The van der Waals surface area contributed by atoms with Crippen molar-refractivity contribution in [1.82, 2.24) is 0 Å². The number of ether oxygens (including phenoxy) is 3. The molecule has 69 heavy (non-hydrogen) atoms. The molecule has 0 N–H and O–H groups in total. The summed E-state index contributed by atoms with van der Waals surface area (Å²) in [5.74, 6) is -0.858. The van der Waals surface area contributed by atoms with Crippen LogP contribution in [0, 0.1) is 0 Å². The Morgan fingerprint density at radius 2 is 0.522 bits per heavy atom. The van der Waals surface area contributed by atoms with Gasteiger partial charge >= 0.3 is 17.9 Å². The maximum absolute atomic E-state index is 12.9. The average molecular weight is 972 g/mol. The Bertz CT molecular complexity index is 1110. The SMILES string of the molecule is CCCCC/C=C\C/C=C\CCCCCCCC(=O)OCC(COC(=O)CCCCCCCCCCCCCCCCCCCCCC)OC(=O)CCCCCCCCCCCCCCCCCC. The summed E-state index contributed by atoms with van der Waals surface area (Å²) in [7, 11) is 0. The largest absolute Gasteiger partial charge is 0.462 e. The lowest BCUT2D eigenvalue weighted by Crippen LogP contribution is -2.30. The second-order valence-electron chi connectivity index (χ2n) is 21.0. The van der Waals surface area contributed by atoms with Crippen LogP contribution < -0.4 is 0 Å². The number of allylic oxidation sites excluding steroid dienone is 4. The Kier molecular flexibility index (Phi) is 56.7. The lowest BCUT2D eigenvalue weighted by Gasteiger charge is -2.18. The molecule has 0 aromatic carbocycles. The van der Waals surface area contributed by atoms with Crippen LogP contribution >= 0.6 is 0 Å². The highest BCUT2D eigenvalue weighted by atomic mass is 16.6. The number of carbonyl (C=O) groups excluding carboxylic acids is 3. The summed E-state index contributed by atoms with van der Waals surface area (Å²) in [6.07, 6.45) is 68.9. The van der Waals surface area contributed by atoms with Crippen molar-refractivity contribution in [2.45, 2.75) is 348 Å². The van der Waals surface area contributed by atoms with E-state index in [1.807, 2.05) is 0 Å². The van der Waals surface area contributed by atoms with E-state index in [-0.39, 0.29) is 31.1 Å². The van der Waals surface area contributed by atoms with E-state index in [1.165, 1.54) is 225 Å². The van der Waals surface area contributed by atoms with Crippen molar-refractivity contribution in [3.8, 4) is 0 Å². The van der Waals surface area contributed by atoms with E-state index < -0.39 is 6.10 Å². The predicted octanol–water partition coefficient (Wildman–Crippen LogP) is 20.7. The van der Waals surface area contributed by atoms with Gasteiger partial charge in [0, 0.05) is 19.3 Å². The molecule has 0 radical (unpaired) electrons. The summed E-state index contributed by atoms with van der Waals surface area (Å²) in [5.41, 5.74) is 0. The van der Waals surface area contributed by atoms with Crippen LogP contribution in [-0.2, 0) is 28.6 Å². The van der Waals surface area contributed by atoms with Gasteiger partial charge in [0.2, 0.25) is 0 Å². The molecule has 0 saturated heterocycles. The first-order valence-corrected chi connectivity index (χ1v) is 30.8. The van der Waals surface area contributed by atoms with E-state index >= 15 is 0 Å². The molecular formula is C63H118O6. The van der Waals surface area contributed by atoms with E-state index in [2.05, 4.69) is 45.1 Å². The zero-order valence-corrected chi connectivity index (χ0v) is 46.6. The van der Waals surface area contributed by atoms with Crippen LogP contribution in [0.25, 0.3) is 0 Å². The third-order valence-corrected chi connectivity index (χ3v) is 14.0. The summed E-state index contributed by atoms with van der Waals surface area (Å²) in [4.78, 5) is 38.2. The van der Waals surface area contributed by atoms with Gasteiger partial charge in [-0.25, -0.2) is 0 Å². The lowest BCUT2D eigenvalue weighted by molar-refractivity contribution is -0.167. The summed E-state index contributed by atoms with van der Waals surface area (Å²) >= 11 is 0. The molecule has 1 unspecified atom stereocenters. The fourth-order valence-corrected chi connectivity index (χ4v) is 9.30. The van der Waals surface area contributed by atoms with Gasteiger partial charge in [-0.1, -0.05) is 295 Å². The lowest BCUT2D eigenvalue weighted by atomic mass is 10.0. The molecule has 0 spiro atoms. The monoisotopic (exact) mass is 971 g/mol. The van der Waals surface area contributed by atoms with Crippen LogP contribution in [-0.4, -0.2) is 37.2 Å². The fourth-order valence-electron chi connectivity index (χ4n) is 9.30. The normalized spacial score (nSPS) is 12.1. The smallest absolute Gasteiger partial charge is 0.306 e. The third-order valence-electron chi connectivity index (χ3n) is 14.0. The van der Waals surface area contributed by atoms with Gasteiger partial charge in [0.25, 0.3) is 0 Å². The van der Waals surface area contributed by atoms with Crippen LogP contribution in [0.1, 0.15) is 342 Å². The Labute approximate surface area is 430 Å². The predicted molar refractivity (Wildman–Crippen MR) is 298 cm³/mol. The molecule has 0 rings (SSSR count). The van der Waals surface area contributed by atoms with Crippen molar-refractivity contribution >= 4 is 17.9 Å². The van der Waals surface area contributed by atoms with Gasteiger partial charge in [0.1, 0.15) is 13.2 Å². The molecular weight excluding hydrogens is 853 g/mol. The minimum Gasteiger partial charge on any atom is -0.462 e. The number of esters is 3. The van der Waals surface area contributed by atoms with Crippen LogP contribution in [0.15, 0.2) is 24.3 Å². The van der Waals surface area contributed by atoms with Gasteiger partial charge in [-0.3, -0.25) is 14.4 Å². The molecule has 0 saturated carbocycles. The summed E-state index contributed by atoms with van der Waals surface area (Å²) in [5, 5.41) is 0. The maximum atomic E-state index is 12.9. The molecule has 6 heteroatoms. The molecule has 0 aliphatic heterocycles. The zero-order chi connectivity index (χ0) is 50.0. The van der Waals surface area contributed by atoms with E-state index in [0.29, 0.717) is 19.3 Å². The number of rotatable bonds is 57. The zero-order valence-electron chi connectivity index (χ0n) is 46.6. The minimum atomic E-state index is -0.772. The van der Waals surface area contributed by atoms with Crippen molar-refractivity contribution < 1.29 is 28.6 Å². The van der Waals surface area contributed by atoms with E-state index in [1.54, 1.807) is 0 Å². The summed E-state index contributed by atoms with van der Waals surface area (Å²) < 4.78 is 16.9. The second-order valence-corrected chi connectivity index (χ2v) is 21.0. The van der Waals surface area contributed by atoms with E-state index in [4.69, 9.17) is 14.2 Å². The van der Waals surface area contributed by atoms with Crippen LogP contribution in [0.2, 0.25) is 0 Å². The highest BCUT2D eigenvalue weighted by molar-refractivity contribution is 5.71. The van der Waals surface area contributed by atoms with Gasteiger partial charge in [-0.2, -0.15) is 0 Å². The molecule has 1 atom stereocenters. The number of hydrogen-bond acceptors (Lipinski definition) is 6. The Hall–Kier alpha value is -2.11. The van der Waals surface area contributed by atoms with Gasteiger partial charge in [0.05, 0.1) is 0 Å². The molecule has 0 fully saturated rings. The molecule has 0 aromatic heterocycles. The van der Waals surface area contributed by atoms with Crippen LogP contribution in [0.5, 0.6) is 0 Å². The Morgan fingerprint density at radius 3 is 0.826 bits per heavy atom. The first-order valence-electron chi connectivity index (χ1n) is 30.8. The summed E-state index contributed by atoms with van der Waals surface area (Å²) in [6, 6.07) is 0. The first kappa shape index (κ1) is 66.9. The van der Waals surface area contributed by atoms with Crippen LogP contribution in [0.3, 0.4) is 0 Å². The number of unbranched alkanes of at least 4 members (excludes halogenated alkanes) is 42. The maximum Gasteiger partial charge on any atom is 0.306 e. The Morgan fingerprint density at radius 1 is 0.290 bits per heavy atom. The molecule has 6 nitrogen and oxygen atoms in total. The van der Waals surface area contributed by atoms with E-state index in [9.17, 15) is 14.4 Å². The van der Waals surface area contributed by atoms with Crippen LogP contribution in [0.4, 0.5) is 0 Å². The van der Waals surface area contributed by atoms with Crippen molar-refractivity contribution in [3.05, 3.63) is 24.3 Å². The first-order chi connectivity index (χ1) is 34.0. The number of carbonyl (C=O) groups is 3. The van der Waals surface area contributed by atoms with Crippen molar-refractivity contribution in [2.24, 2.45) is 0 Å². The van der Waals surface area contributed by atoms with E-state index in [0.717, 1.165) is 77.0 Å². The van der Waals surface area contributed by atoms with Crippen molar-refractivity contribution in [2.75, 3.05) is 13.2 Å². The van der Waals surface area contributed by atoms with Crippen molar-refractivity contribution in [3.63, 3.8) is 0 Å². The second kappa shape index (κ2) is 58.5. The molecule has 406 valence electrons. The molecule has 0 aromatic rings. The molecule has 0 aliphatic rings. The molecule has 0 aliphatic carbocycles. The molecule has 0 bridgehead atoms. The summed E-state index contributed by atoms with van der Waals surface area (Å²) in [6.45, 7) is 6.67. The highest BCUT2D eigenvalue weighted by Gasteiger charge is 2.19. The quantitative estimate of drug-likeness (QED) is 0.0261. The topological polar surface area (TPSA) is 78.9 Å². The highest BCUT2D eigenvalue weighted by Crippen LogP contribution is 2.18. The standard InChI is InChI=1S/C63H118O6/c1-4-7-10-13-16-19-22-25-28-30-31-32-33-36-38-41-44-47-50-53-56-62(65)68-59-60(58-67-61(64)55-52-49-46-43-40-37-34-27-24-21-18-15-12-9-6-3)69-63(66)57-54-51-48-45-42-39-35-29-26-23-20-17-14-11-8-5-2/h18,21,27,34,60H,4-17,19-20,22-26,28-33,35-59H2,1-3H3/b21-18-,34-27-. The third kappa shape index (κ3) is 56.7. The van der Waals surface area contributed by atoms with Gasteiger partial charge in [-0.15, -0.1) is 0 Å². The minimum absolute atomic E-state index is 0.0697. The Balaban J connectivity index is 4.30. The van der Waals surface area contributed by atoms with Gasteiger partial charge in [-0.05, 0) is 51.4 Å². The van der Waals surface area contributed by atoms with Gasteiger partial charge < -0.3 is 14.2 Å². The fraction of sp³-hybridized carbons (Fsp3) is 0.889. The van der Waals surface area contributed by atoms with Gasteiger partial charge in [0.15, 0.2) is 6.10 Å². The van der Waals surface area contributed by atoms with Crippen molar-refractivity contribution in [1.29, 1.82) is 0 Å². The number of hydrogen-bond donors (Lipinski definition) is 0. The average Bonchev–Trinajstić information content (AvgIpc) is 3.35. The molecule has 0 heterocycles. The molecule has 0 amide bonds.